The SMILES string of the molecule is O=S(=O)(CC1CCOCC1)N1CCN(Cc2ccc(F)cc2Cl)CC1. The highest BCUT2D eigenvalue weighted by Gasteiger charge is 2.30. The quantitative estimate of drug-likeness (QED) is 0.774. The number of piperazine rings is 1. The molecule has 3 rings (SSSR count). The molecular weight excluding hydrogens is 367 g/mol. The molecular formula is C17H24ClFN2O3S. The largest absolute Gasteiger partial charge is 0.381 e. The first-order valence-corrected chi connectivity index (χ1v) is 10.6. The highest BCUT2D eigenvalue weighted by molar-refractivity contribution is 7.89. The smallest absolute Gasteiger partial charge is 0.214 e. The van der Waals surface area contributed by atoms with Crippen molar-refractivity contribution in [2.45, 2.75) is 19.4 Å². The van der Waals surface area contributed by atoms with Gasteiger partial charge in [0.05, 0.1) is 5.75 Å². The Bertz CT molecular complexity index is 687. The van der Waals surface area contributed by atoms with Crippen LogP contribution in [-0.4, -0.2) is 62.8 Å². The summed E-state index contributed by atoms with van der Waals surface area (Å²) in [6, 6.07) is 4.40. The number of halogens is 2. The molecule has 0 spiro atoms. The van der Waals surface area contributed by atoms with Crippen LogP contribution in [0.4, 0.5) is 4.39 Å². The van der Waals surface area contributed by atoms with Gasteiger partial charge in [0.2, 0.25) is 10.0 Å². The van der Waals surface area contributed by atoms with E-state index in [0.717, 1.165) is 18.4 Å². The van der Waals surface area contributed by atoms with Crippen LogP contribution in [-0.2, 0) is 21.3 Å². The second-order valence-electron chi connectivity index (χ2n) is 6.75. The molecule has 0 amide bonds. The van der Waals surface area contributed by atoms with Crippen LogP contribution in [0.25, 0.3) is 0 Å². The summed E-state index contributed by atoms with van der Waals surface area (Å²) in [5, 5.41) is 0.412. The first-order chi connectivity index (χ1) is 11.9. The van der Waals surface area contributed by atoms with Gasteiger partial charge in [0, 0.05) is 51.0 Å². The van der Waals surface area contributed by atoms with Crippen LogP contribution in [0.1, 0.15) is 18.4 Å². The minimum absolute atomic E-state index is 0.204. The predicted octanol–water partition coefficient (Wildman–Crippen LogP) is 2.35. The summed E-state index contributed by atoms with van der Waals surface area (Å²) in [5.74, 6) is 0.0766. The molecule has 0 aromatic heterocycles. The molecule has 0 atom stereocenters. The zero-order chi connectivity index (χ0) is 17.9. The molecule has 0 bridgehead atoms. The Labute approximate surface area is 153 Å². The van der Waals surface area contributed by atoms with Crippen molar-refractivity contribution in [3.05, 3.63) is 34.6 Å². The number of benzene rings is 1. The van der Waals surface area contributed by atoms with Gasteiger partial charge in [-0.3, -0.25) is 4.90 Å². The van der Waals surface area contributed by atoms with Gasteiger partial charge in [-0.15, -0.1) is 0 Å². The van der Waals surface area contributed by atoms with Crippen LogP contribution in [0.2, 0.25) is 5.02 Å². The van der Waals surface area contributed by atoms with Gasteiger partial charge in [-0.1, -0.05) is 17.7 Å². The maximum atomic E-state index is 13.1. The van der Waals surface area contributed by atoms with E-state index in [4.69, 9.17) is 16.3 Å². The van der Waals surface area contributed by atoms with E-state index in [1.54, 1.807) is 10.4 Å². The molecule has 2 heterocycles. The number of sulfonamides is 1. The third-order valence-corrected chi connectivity index (χ3v) is 7.32. The van der Waals surface area contributed by atoms with Gasteiger partial charge < -0.3 is 4.74 Å². The van der Waals surface area contributed by atoms with Crippen molar-refractivity contribution in [3.8, 4) is 0 Å². The Morgan fingerprint density at radius 2 is 1.84 bits per heavy atom. The third-order valence-electron chi connectivity index (χ3n) is 4.92. The lowest BCUT2D eigenvalue weighted by molar-refractivity contribution is 0.0718. The van der Waals surface area contributed by atoms with E-state index < -0.39 is 10.0 Å². The fourth-order valence-electron chi connectivity index (χ4n) is 3.37. The van der Waals surface area contributed by atoms with Gasteiger partial charge in [-0.05, 0) is 36.5 Å². The van der Waals surface area contributed by atoms with E-state index in [-0.39, 0.29) is 17.5 Å². The second kappa shape index (κ2) is 8.31. The van der Waals surface area contributed by atoms with Gasteiger partial charge in [0.15, 0.2) is 0 Å². The number of ether oxygens (including phenoxy) is 1. The van der Waals surface area contributed by atoms with Crippen molar-refractivity contribution in [2.75, 3.05) is 45.1 Å². The topological polar surface area (TPSA) is 49.9 Å². The van der Waals surface area contributed by atoms with Crippen molar-refractivity contribution in [1.29, 1.82) is 0 Å². The van der Waals surface area contributed by atoms with Gasteiger partial charge in [0.1, 0.15) is 5.82 Å². The summed E-state index contributed by atoms with van der Waals surface area (Å²) in [4.78, 5) is 2.15. The minimum Gasteiger partial charge on any atom is -0.381 e. The number of hydrogen-bond acceptors (Lipinski definition) is 4. The molecule has 2 aliphatic heterocycles. The van der Waals surface area contributed by atoms with Gasteiger partial charge in [0.25, 0.3) is 0 Å². The average molecular weight is 391 g/mol. The normalized spacial score (nSPS) is 21.5. The van der Waals surface area contributed by atoms with Gasteiger partial charge in [-0.2, -0.15) is 4.31 Å². The molecule has 1 aromatic carbocycles. The van der Waals surface area contributed by atoms with E-state index >= 15 is 0 Å². The van der Waals surface area contributed by atoms with Crippen molar-refractivity contribution < 1.29 is 17.5 Å². The Hall–Kier alpha value is -0.730. The highest BCUT2D eigenvalue weighted by atomic mass is 35.5. The maximum absolute atomic E-state index is 13.1. The molecule has 0 radical (unpaired) electrons. The standard InChI is InChI=1S/C17H24ClFN2O3S/c18-17-11-16(19)2-1-15(17)12-20-5-7-21(8-6-20)25(22,23)13-14-3-9-24-10-4-14/h1-2,11,14H,3-10,12-13H2. The first kappa shape index (κ1) is 19.0. The van der Waals surface area contributed by atoms with Gasteiger partial charge >= 0.3 is 0 Å². The monoisotopic (exact) mass is 390 g/mol. The van der Waals surface area contributed by atoms with Crippen LogP contribution >= 0.6 is 11.6 Å². The summed E-state index contributed by atoms with van der Waals surface area (Å²) in [5.41, 5.74) is 0.863. The lowest BCUT2D eigenvalue weighted by atomic mass is 10.0. The Morgan fingerprint density at radius 3 is 2.48 bits per heavy atom. The molecule has 25 heavy (non-hydrogen) atoms. The van der Waals surface area contributed by atoms with E-state index in [9.17, 15) is 12.8 Å². The molecule has 5 nitrogen and oxygen atoms in total. The van der Waals surface area contributed by atoms with E-state index in [0.29, 0.717) is 51.0 Å². The molecule has 2 saturated heterocycles. The van der Waals surface area contributed by atoms with Crippen LogP contribution in [0.15, 0.2) is 18.2 Å². The average Bonchev–Trinajstić information content (AvgIpc) is 2.58. The summed E-state index contributed by atoms with van der Waals surface area (Å²) in [6.45, 7) is 4.21. The predicted molar refractivity (Wildman–Crippen MR) is 95.6 cm³/mol. The second-order valence-corrected chi connectivity index (χ2v) is 9.17. The molecule has 0 aliphatic carbocycles. The minimum atomic E-state index is -3.22. The zero-order valence-electron chi connectivity index (χ0n) is 14.2. The van der Waals surface area contributed by atoms with Crippen LogP contribution in [0, 0.1) is 11.7 Å². The van der Waals surface area contributed by atoms with Crippen molar-refractivity contribution in [2.24, 2.45) is 5.92 Å². The highest BCUT2D eigenvalue weighted by Crippen LogP contribution is 2.22. The Balaban J connectivity index is 1.52. The molecule has 2 fully saturated rings. The summed E-state index contributed by atoms with van der Waals surface area (Å²) in [6.07, 6.45) is 1.64. The van der Waals surface area contributed by atoms with Crippen LogP contribution in [0.5, 0.6) is 0 Å². The van der Waals surface area contributed by atoms with E-state index in [2.05, 4.69) is 4.90 Å². The van der Waals surface area contributed by atoms with Crippen molar-refractivity contribution in [1.82, 2.24) is 9.21 Å². The molecule has 140 valence electrons. The Kier molecular flexibility index (Phi) is 6.33. The zero-order valence-corrected chi connectivity index (χ0v) is 15.7. The summed E-state index contributed by atoms with van der Waals surface area (Å²) >= 11 is 6.08. The maximum Gasteiger partial charge on any atom is 0.214 e. The van der Waals surface area contributed by atoms with E-state index in [1.165, 1.54) is 12.1 Å². The molecule has 1 aromatic rings. The first-order valence-electron chi connectivity index (χ1n) is 8.66. The molecule has 2 aliphatic rings. The molecule has 0 saturated carbocycles. The number of nitrogens with zero attached hydrogens (tertiary/aromatic N) is 2. The summed E-state index contributed by atoms with van der Waals surface area (Å²) in [7, 11) is -3.22. The Morgan fingerprint density at radius 1 is 1.16 bits per heavy atom. The van der Waals surface area contributed by atoms with E-state index in [1.807, 2.05) is 0 Å². The van der Waals surface area contributed by atoms with Crippen LogP contribution < -0.4 is 0 Å². The summed E-state index contributed by atoms with van der Waals surface area (Å²) < 4.78 is 45.3. The number of rotatable bonds is 5. The van der Waals surface area contributed by atoms with Crippen molar-refractivity contribution >= 4 is 21.6 Å². The molecule has 8 heteroatoms. The van der Waals surface area contributed by atoms with Crippen LogP contribution in [0.3, 0.4) is 0 Å². The molecule has 0 unspecified atom stereocenters. The lowest BCUT2D eigenvalue weighted by Gasteiger charge is -2.35. The number of hydrogen-bond donors (Lipinski definition) is 0. The third kappa shape index (κ3) is 5.14. The lowest BCUT2D eigenvalue weighted by Crippen LogP contribution is -2.49. The van der Waals surface area contributed by atoms with Crippen molar-refractivity contribution in [3.63, 3.8) is 0 Å². The fourth-order valence-corrected chi connectivity index (χ4v) is 5.46. The van der Waals surface area contributed by atoms with Gasteiger partial charge in [-0.25, -0.2) is 12.8 Å². The fraction of sp³-hybridized carbons (Fsp3) is 0.647. The molecule has 0 N–H and O–H groups in total.